The van der Waals surface area contributed by atoms with Crippen LogP contribution in [0.2, 0.25) is 0 Å². The van der Waals surface area contributed by atoms with Crippen molar-refractivity contribution in [2.75, 3.05) is 61.3 Å². The highest BCUT2D eigenvalue weighted by atomic mass is 16.5. The highest BCUT2D eigenvalue weighted by Crippen LogP contribution is 2.43. The molecular formula is C35H63N3O9. The third-order valence-electron chi connectivity index (χ3n) is 8.93. The second kappa shape index (κ2) is 27.4. The molecule has 3 N–H and O–H groups in total. The average molecular weight is 670 g/mol. The average Bonchev–Trinajstić information content (AvgIpc) is 3.04. The minimum Gasteiger partial charge on any atom is -0.467 e. The van der Waals surface area contributed by atoms with Gasteiger partial charge >= 0.3 is 5.97 Å². The summed E-state index contributed by atoms with van der Waals surface area (Å²) in [5.74, 6) is -1.18. The lowest BCUT2D eigenvalue weighted by atomic mass is 9.63. The maximum atomic E-state index is 13.8. The monoisotopic (exact) mass is 669 g/mol. The van der Waals surface area contributed by atoms with Gasteiger partial charge in [-0.25, -0.2) is 4.79 Å². The topological polar surface area (TPSA) is 158 Å². The Kier molecular flexibility index (Phi) is 24.7. The van der Waals surface area contributed by atoms with Gasteiger partial charge in [-0.3, -0.25) is 19.2 Å². The van der Waals surface area contributed by atoms with E-state index < -0.39 is 17.9 Å². The molecule has 0 heterocycles. The minimum atomic E-state index is -0.805. The third kappa shape index (κ3) is 19.1. The lowest BCUT2D eigenvalue weighted by Gasteiger charge is -2.41. The van der Waals surface area contributed by atoms with E-state index in [9.17, 15) is 24.0 Å². The van der Waals surface area contributed by atoms with Gasteiger partial charge in [-0.05, 0) is 89.4 Å². The van der Waals surface area contributed by atoms with Gasteiger partial charge in [0.2, 0.25) is 17.7 Å². The van der Waals surface area contributed by atoms with E-state index in [-0.39, 0.29) is 35.3 Å². The quantitative estimate of drug-likeness (QED) is 0.0763. The highest BCUT2D eigenvalue weighted by Gasteiger charge is 2.43. The van der Waals surface area contributed by atoms with Crippen LogP contribution in [0.15, 0.2) is 0 Å². The molecular weight excluding hydrogens is 606 g/mol. The van der Waals surface area contributed by atoms with Crippen molar-refractivity contribution in [3.63, 3.8) is 0 Å². The van der Waals surface area contributed by atoms with Crippen LogP contribution in [0.5, 0.6) is 0 Å². The summed E-state index contributed by atoms with van der Waals surface area (Å²) in [5, 5.41) is 8.81. The molecule has 3 amide bonds. The van der Waals surface area contributed by atoms with Gasteiger partial charge in [-0.1, -0.05) is 6.42 Å². The number of rotatable bonds is 30. The van der Waals surface area contributed by atoms with E-state index in [0.717, 1.165) is 51.4 Å². The first-order valence-electron chi connectivity index (χ1n) is 17.7. The fourth-order valence-corrected chi connectivity index (χ4v) is 6.01. The number of carbonyl (C=O) groups is 5. The van der Waals surface area contributed by atoms with E-state index in [2.05, 4.69) is 16.0 Å². The molecule has 4 atom stereocenters. The Bertz CT molecular complexity index is 902. The number of carbonyl (C=O) groups excluding carboxylic acids is 5. The fraction of sp³-hybridized carbons (Fsp3) is 0.857. The Morgan fingerprint density at radius 3 is 1.60 bits per heavy atom. The second-order valence-corrected chi connectivity index (χ2v) is 12.5. The number of Topliss-reactive ketones (excluding diaryl/α,β-unsaturated/α-hetero) is 1. The van der Waals surface area contributed by atoms with Gasteiger partial charge in [0.25, 0.3) is 0 Å². The molecule has 0 aromatic rings. The van der Waals surface area contributed by atoms with E-state index in [1.807, 2.05) is 0 Å². The van der Waals surface area contributed by atoms with Crippen molar-refractivity contribution < 1.29 is 42.9 Å². The van der Waals surface area contributed by atoms with Gasteiger partial charge in [-0.15, -0.1) is 0 Å². The van der Waals surface area contributed by atoms with E-state index in [0.29, 0.717) is 90.7 Å². The minimum absolute atomic E-state index is 0.00768. The Labute approximate surface area is 282 Å². The van der Waals surface area contributed by atoms with Crippen LogP contribution in [0, 0.1) is 17.8 Å². The zero-order chi connectivity index (χ0) is 34.7. The molecule has 12 heteroatoms. The van der Waals surface area contributed by atoms with Crippen molar-refractivity contribution in [1.29, 1.82) is 0 Å². The Morgan fingerprint density at radius 2 is 1.13 bits per heavy atom. The number of ether oxygens (including phenoxy) is 4. The molecule has 1 saturated carbocycles. The number of hydrogen-bond acceptors (Lipinski definition) is 9. The van der Waals surface area contributed by atoms with Crippen molar-refractivity contribution in [2.45, 2.75) is 115 Å². The first-order chi connectivity index (χ1) is 22.8. The van der Waals surface area contributed by atoms with Gasteiger partial charge < -0.3 is 34.9 Å². The molecule has 47 heavy (non-hydrogen) atoms. The summed E-state index contributed by atoms with van der Waals surface area (Å²) in [7, 11) is 6.23. The Balaban J connectivity index is 2.71. The normalized spacial score (nSPS) is 16.9. The second-order valence-electron chi connectivity index (χ2n) is 12.5. The molecule has 272 valence electrons. The standard InChI is InChI=1S/C35H63N3O9/c1-44-24-12-7-17-31(39)28-21-20-27(28)29(15-5-10-22-36-32(40)18-8-13-25-45-2)34(42)38-30(35(43)47-4)16-6-11-23-37-33(41)19-9-14-26-46-3/h27-30H,5-26H2,1-4H3,(H,36,40)(H,37,41)(H,38,42)/t27?,28?,29-,30?/m1/s1. The summed E-state index contributed by atoms with van der Waals surface area (Å²) in [6.45, 7) is 2.91. The summed E-state index contributed by atoms with van der Waals surface area (Å²) < 4.78 is 20.1. The van der Waals surface area contributed by atoms with Gasteiger partial charge in [0.05, 0.1) is 7.11 Å². The molecule has 0 radical (unpaired) electrons. The van der Waals surface area contributed by atoms with E-state index in [4.69, 9.17) is 18.9 Å². The molecule has 0 spiro atoms. The van der Waals surface area contributed by atoms with Crippen LogP contribution in [0.1, 0.15) is 109 Å². The summed E-state index contributed by atoms with van der Waals surface area (Å²) in [4.78, 5) is 63.6. The maximum Gasteiger partial charge on any atom is 0.328 e. The van der Waals surface area contributed by atoms with Gasteiger partial charge in [-0.2, -0.15) is 0 Å². The summed E-state index contributed by atoms with van der Waals surface area (Å²) in [6.07, 6.45) is 11.4. The molecule has 0 saturated heterocycles. The lowest BCUT2D eigenvalue weighted by molar-refractivity contribution is -0.147. The molecule has 3 unspecified atom stereocenters. The molecule has 1 aliphatic carbocycles. The van der Waals surface area contributed by atoms with Crippen LogP contribution in [-0.4, -0.2) is 96.9 Å². The number of esters is 1. The van der Waals surface area contributed by atoms with Crippen LogP contribution in [0.3, 0.4) is 0 Å². The first-order valence-corrected chi connectivity index (χ1v) is 17.7. The highest BCUT2D eigenvalue weighted by molar-refractivity contribution is 5.87. The molecule has 0 aromatic carbocycles. The first kappa shape index (κ1) is 42.5. The number of nitrogens with one attached hydrogen (secondary N) is 3. The molecule has 1 fully saturated rings. The number of unbranched alkanes of at least 4 members (excludes halogenated alkanes) is 5. The maximum absolute atomic E-state index is 13.8. The lowest BCUT2D eigenvalue weighted by Crippen LogP contribution is -2.49. The molecule has 0 aliphatic heterocycles. The number of ketones is 1. The largest absolute Gasteiger partial charge is 0.467 e. The van der Waals surface area contributed by atoms with Gasteiger partial charge in [0.15, 0.2) is 0 Å². The summed E-state index contributed by atoms with van der Waals surface area (Å²) in [6, 6.07) is -0.805. The van der Waals surface area contributed by atoms with E-state index >= 15 is 0 Å². The van der Waals surface area contributed by atoms with E-state index in [1.54, 1.807) is 21.3 Å². The third-order valence-corrected chi connectivity index (χ3v) is 8.93. The van der Waals surface area contributed by atoms with Crippen LogP contribution in [-0.2, 0) is 42.9 Å². The van der Waals surface area contributed by atoms with E-state index in [1.165, 1.54) is 7.11 Å². The predicted molar refractivity (Wildman–Crippen MR) is 180 cm³/mol. The fourth-order valence-electron chi connectivity index (χ4n) is 6.01. The summed E-state index contributed by atoms with van der Waals surface area (Å²) >= 11 is 0. The molecule has 1 rings (SSSR count). The zero-order valence-electron chi connectivity index (χ0n) is 29.5. The van der Waals surface area contributed by atoms with Crippen LogP contribution >= 0.6 is 0 Å². The van der Waals surface area contributed by atoms with Gasteiger partial charge in [0.1, 0.15) is 11.8 Å². The number of hydrogen-bond donors (Lipinski definition) is 3. The molecule has 0 bridgehead atoms. The van der Waals surface area contributed by atoms with Crippen molar-refractivity contribution in [3.05, 3.63) is 0 Å². The SMILES string of the molecule is COCCCCC(=O)NCCCCC(NC(=O)[C@H](CCCCNC(=O)CCCCOC)C1CCC1C(=O)CCCCOC)C(=O)OC. The number of methoxy groups -OCH3 is 4. The van der Waals surface area contributed by atoms with Gasteiger partial charge in [0, 0.05) is 85.3 Å². The van der Waals surface area contributed by atoms with Crippen LogP contribution in [0.4, 0.5) is 0 Å². The van der Waals surface area contributed by atoms with Crippen molar-refractivity contribution >= 4 is 29.5 Å². The number of amides is 3. The molecule has 1 aliphatic rings. The molecule has 12 nitrogen and oxygen atoms in total. The smallest absolute Gasteiger partial charge is 0.328 e. The Morgan fingerprint density at radius 1 is 0.617 bits per heavy atom. The summed E-state index contributed by atoms with van der Waals surface area (Å²) in [5.41, 5.74) is 0. The van der Waals surface area contributed by atoms with Crippen LogP contribution in [0.25, 0.3) is 0 Å². The van der Waals surface area contributed by atoms with Crippen molar-refractivity contribution in [1.82, 2.24) is 16.0 Å². The van der Waals surface area contributed by atoms with Crippen molar-refractivity contribution in [3.8, 4) is 0 Å². The predicted octanol–water partition coefficient (Wildman–Crippen LogP) is 3.88. The Hall–Kier alpha value is -2.57. The zero-order valence-corrected chi connectivity index (χ0v) is 29.5. The van der Waals surface area contributed by atoms with Crippen LogP contribution < -0.4 is 16.0 Å². The molecule has 0 aromatic heterocycles. The van der Waals surface area contributed by atoms with Crippen molar-refractivity contribution in [2.24, 2.45) is 17.8 Å².